The number of hydrogen-bond donors (Lipinski definition) is 1. The van der Waals surface area contributed by atoms with Gasteiger partial charge in [0.15, 0.2) is 5.79 Å². The van der Waals surface area contributed by atoms with Crippen molar-refractivity contribution in [1.82, 2.24) is 0 Å². The van der Waals surface area contributed by atoms with E-state index in [0.29, 0.717) is 45.3 Å². The second-order valence-corrected chi connectivity index (χ2v) is 7.18. The van der Waals surface area contributed by atoms with Gasteiger partial charge in [-0.3, -0.25) is 0 Å². The Morgan fingerprint density at radius 1 is 1.08 bits per heavy atom. The molecule has 142 valence electrons. The summed E-state index contributed by atoms with van der Waals surface area (Å²) in [4.78, 5) is 0. The molecule has 0 radical (unpaired) electrons. The first-order valence-electron chi connectivity index (χ1n) is 8.89. The molecule has 0 atom stereocenters. The van der Waals surface area contributed by atoms with Crippen molar-refractivity contribution in [3.63, 3.8) is 0 Å². The van der Waals surface area contributed by atoms with Gasteiger partial charge in [0, 0.05) is 18.4 Å². The van der Waals surface area contributed by atoms with Gasteiger partial charge in [-0.25, -0.2) is 0 Å². The lowest BCUT2D eigenvalue weighted by molar-refractivity contribution is -0.275. The topological polar surface area (TPSA) is 47.9 Å². The Bertz CT molecular complexity index is 716. The minimum atomic E-state index is -4.79. The quantitative estimate of drug-likeness (QED) is 0.863. The lowest BCUT2D eigenvalue weighted by Gasteiger charge is -2.38. The molecule has 1 saturated carbocycles. The van der Waals surface area contributed by atoms with Crippen LogP contribution in [0.1, 0.15) is 49.7 Å². The molecule has 1 spiro atoms. The molecule has 4 rings (SSSR count). The largest absolute Gasteiger partial charge is 0.573 e. The Kier molecular flexibility index (Phi) is 4.28. The number of alkyl halides is 3. The predicted molar refractivity (Wildman–Crippen MR) is 87.3 cm³/mol. The summed E-state index contributed by atoms with van der Waals surface area (Å²) in [5.74, 6) is -0.864. The average Bonchev–Trinajstić information content (AvgIpc) is 3.01. The van der Waals surface area contributed by atoms with Crippen LogP contribution in [0, 0.1) is 0 Å². The van der Waals surface area contributed by atoms with Gasteiger partial charge in [-0.1, -0.05) is 12.1 Å². The fraction of sp³-hybridized carbons (Fsp3) is 0.579. The molecular formula is C19H21F3O4. The molecular weight excluding hydrogens is 349 g/mol. The smallest absolute Gasteiger partial charge is 0.405 e. The van der Waals surface area contributed by atoms with E-state index in [2.05, 4.69) is 4.74 Å². The van der Waals surface area contributed by atoms with Crippen molar-refractivity contribution < 1.29 is 32.5 Å². The molecule has 1 aromatic rings. The number of ether oxygens (including phenoxy) is 3. The monoisotopic (exact) mass is 370 g/mol. The molecule has 2 aliphatic carbocycles. The highest BCUT2D eigenvalue weighted by Crippen LogP contribution is 2.47. The summed E-state index contributed by atoms with van der Waals surface area (Å²) < 4.78 is 53.7. The van der Waals surface area contributed by atoms with Crippen molar-refractivity contribution in [2.24, 2.45) is 0 Å². The number of allylic oxidation sites excluding steroid dienone is 1. The lowest BCUT2D eigenvalue weighted by Crippen LogP contribution is -2.35. The number of rotatable bonds is 3. The average molecular weight is 370 g/mol. The van der Waals surface area contributed by atoms with Crippen molar-refractivity contribution in [2.45, 2.75) is 56.3 Å². The Labute approximate surface area is 149 Å². The van der Waals surface area contributed by atoms with Gasteiger partial charge in [0.25, 0.3) is 0 Å². The van der Waals surface area contributed by atoms with Crippen molar-refractivity contribution in [3.05, 3.63) is 35.4 Å². The summed E-state index contributed by atoms with van der Waals surface area (Å²) in [5.41, 5.74) is 0.804. The summed E-state index contributed by atoms with van der Waals surface area (Å²) >= 11 is 0. The number of benzene rings is 1. The van der Waals surface area contributed by atoms with Crippen LogP contribution in [0.25, 0.3) is 5.57 Å². The SMILES string of the molecule is OC1(c2cc(C3=CCC4(CC3)OCCO4)ccc2OC(F)(F)F)CCC1. The number of halogens is 3. The van der Waals surface area contributed by atoms with Crippen LogP contribution in [0.5, 0.6) is 5.75 Å². The fourth-order valence-corrected chi connectivity index (χ4v) is 3.92. The van der Waals surface area contributed by atoms with E-state index in [1.54, 1.807) is 12.1 Å². The van der Waals surface area contributed by atoms with E-state index in [1.807, 2.05) is 6.08 Å². The normalized spacial score (nSPS) is 24.2. The molecule has 0 aromatic heterocycles. The number of hydrogen-bond acceptors (Lipinski definition) is 4. The molecule has 26 heavy (non-hydrogen) atoms. The van der Waals surface area contributed by atoms with Crippen molar-refractivity contribution in [3.8, 4) is 5.75 Å². The van der Waals surface area contributed by atoms with Crippen LogP contribution in [-0.4, -0.2) is 30.5 Å². The molecule has 4 nitrogen and oxygen atoms in total. The third-order valence-electron chi connectivity index (χ3n) is 5.51. The van der Waals surface area contributed by atoms with E-state index < -0.39 is 17.8 Å². The van der Waals surface area contributed by atoms with E-state index in [1.165, 1.54) is 6.07 Å². The summed E-state index contributed by atoms with van der Waals surface area (Å²) in [7, 11) is 0. The number of aliphatic hydroxyl groups is 1. The van der Waals surface area contributed by atoms with E-state index in [4.69, 9.17) is 9.47 Å². The zero-order valence-electron chi connectivity index (χ0n) is 14.3. The van der Waals surface area contributed by atoms with Gasteiger partial charge in [-0.15, -0.1) is 13.2 Å². The zero-order valence-corrected chi connectivity index (χ0v) is 14.3. The van der Waals surface area contributed by atoms with E-state index in [9.17, 15) is 18.3 Å². The first-order chi connectivity index (χ1) is 12.3. The minimum absolute atomic E-state index is 0.216. The second-order valence-electron chi connectivity index (χ2n) is 7.18. The highest BCUT2D eigenvalue weighted by atomic mass is 19.4. The summed E-state index contributed by atoms with van der Waals surface area (Å²) in [6.07, 6.45) is 0.918. The Balaban J connectivity index is 1.63. The molecule has 0 amide bonds. The third kappa shape index (κ3) is 3.35. The minimum Gasteiger partial charge on any atom is -0.405 e. The van der Waals surface area contributed by atoms with Gasteiger partial charge in [-0.05, 0) is 49.0 Å². The van der Waals surface area contributed by atoms with Crippen LogP contribution in [0.15, 0.2) is 24.3 Å². The molecule has 1 saturated heterocycles. The molecule has 7 heteroatoms. The molecule has 1 heterocycles. The van der Waals surface area contributed by atoms with Gasteiger partial charge in [0.05, 0.1) is 18.8 Å². The van der Waals surface area contributed by atoms with Crippen LogP contribution in [0.3, 0.4) is 0 Å². The van der Waals surface area contributed by atoms with Crippen LogP contribution >= 0.6 is 0 Å². The van der Waals surface area contributed by atoms with Crippen LogP contribution < -0.4 is 4.74 Å². The van der Waals surface area contributed by atoms with Gasteiger partial charge < -0.3 is 19.3 Å². The highest BCUT2D eigenvalue weighted by Gasteiger charge is 2.42. The van der Waals surface area contributed by atoms with Crippen LogP contribution in [0.4, 0.5) is 13.2 Å². The summed E-state index contributed by atoms with van der Waals surface area (Å²) in [6.45, 7) is 1.17. The molecule has 2 fully saturated rings. The molecule has 3 aliphatic rings. The lowest BCUT2D eigenvalue weighted by atomic mass is 9.74. The standard InChI is InChI=1S/C19H21F3O4/c20-19(21,22)26-16-3-2-14(12-15(16)17(23)6-1-7-17)13-4-8-18(9-5-13)24-10-11-25-18/h2-4,12,23H,1,5-11H2. The van der Waals surface area contributed by atoms with Crippen molar-refractivity contribution in [2.75, 3.05) is 13.2 Å². The zero-order chi connectivity index (χ0) is 18.4. The maximum Gasteiger partial charge on any atom is 0.573 e. The molecule has 1 aliphatic heterocycles. The van der Waals surface area contributed by atoms with Crippen molar-refractivity contribution in [1.29, 1.82) is 0 Å². The summed E-state index contributed by atoms with van der Waals surface area (Å²) in [6, 6.07) is 4.56. The predicted octanol–water partition coefficient (Wildman–Crippen LogP) is 4.27. The highest BCUT2D eigenvalue weighted by molar-refractivity contribution is 5.68. The third-order valence-corrected chi connectivity index (χ3v) is 5.51. The van der Waals surface area contributed by atoms with Gasteiger partial charge >= 0.3 is 6.36 Å². The van der Waals surface area contributed by atoms with E-state index >= 15 is 0 Å². The molecule has 0 unspecified atom stereocenters. The van der Waals surface area contributed by atoms with Crippen LogP contribution in [-0.2, 0) is 15.1 Å². The van der Waals surface area contributed by atoms with E-state index in [-0.39, 0.29) is 11.3 Å². The maximum atomic E-state index is 12.7. The Hall–Kier alpha value is -1.57. The van der Waals surface area contributed by atoms with Gasteiger partial charge in [0.1, 0.15) is 5.75 Å². The van der Waals surface area contributed by atoms with Gasteiger partial charge in [0.2, 0.25) is 0 Å². The van der Waals surface area contributed by atoms with Gasteiger partial charge in [-0.2, -0.15) is 0 Å². The Morgan fingerprint density at radius 2 is 1.81 bits per heavy atom. The molecule has 1 N–H and O–H groups in total. The van der Waals surface area contributed by atoms with E-state index in [0.717, 1.165) is 17.6 Å². The Morgan fingerprint density at radius 3 is 2.35 bits per heavy atom. The fourth-order valence-electron chi connectivity index (χ4n) is 3.92. The first kappa shape index (κ1) is 17.8. The second kappa shape index (κ2) is 6.25. The summed E-state index contributed by atoms with van der Waals surface area (Å²) in [5, 5.41) is 10.6. The maximum absolute atomic E-state index is 12.7. The first-order valence-corrected chi connectivity index (χ1v) is 8.89. The van der Waals surface area contributed by atoms with Crippen molar-refractivity contribution >= 4 is 5.57 Å². The van der Waals surface area contributed by atoms with Crippen LogP contribution in [0.2, 0.25) is 0 Å². The molecule has 0 bridgehead atoms. The molecule has 1 aromatic carbocycles.